The van der Waals surface area contributed by atoms with Crippen LogP contribution in [0.4, 0.5) is 5.69 Å². The van der Waals surface area contributed by atoms with Crippen LogP contribution in [0.3, 0.4) is 0 Å². The average Bonchev–Trinajstić information content (AvgIpc) is 3.03. The third kappa shape index (κ3) is 4.55. The molecule has 2 heterocycles. The molecule has 0 bridgehead atoms. The number of rotatable bonds is 8. The Morgan fingerprint density at radius 1 is 1.33 bits per heavy atom. The first kappa shape index (κ1) is 15.0. The Morgan fingerprint density at radius 3 is 3.00 bits per heavy atom. The number of amides is 1. The highest BCUT2D eigenvalue weighted by atomic mass is 16.1. The molecule has 112 valence electrons. The highest BCUT2D eigenvalue weighted by Crippen LogP contribution is 2.13. The van der Waals surface area contributed by atoms with Crippen molar-refractivity contribution in [1.82, 2.24) is 25.3 Å². The number of hydrogen-bond donors (Lipinski definition) is 2. The molecule has 2 aromatic rings. The molecule has 0 spiro atoms. The lowest BCUT2D eigenvalue weighted by Gasteiger charge is -2.11. The fraction of sp³-hybridized carbons (Fsp3) is 0.429. The van der Waals surface area contributed by atoms with Gasteiger partial charge in [-0.2, -0.15) is 0 Å². The summed E-state index contributed by atoms with van der Waals surface area (Å²) in [5, 5.41) is 13.7. The van der Waals surface area contributed by atoms with Gasteiger partial charge in [-0.05, 0) is 18.9 Å². The zero-order valence-electron chi connectivity index (χ0n) is 12.1. The molecule has 21 heavy (non-hydrogen) atoms. The van der Waals surface area contributed by atoms with Crippen LogP contribution in [0, 0.1) is 0 Å². The molecule has 7 heteroatoms. The first-order valence-corrected chi connectivity index (χ1v) is 7.11. The molecule has 7 nitrogen and oxygen atoms in total. The summed E-state index contributed by atoms with van der Waals surface area (Å²) in [6.07, 6.45) is 8.55. The van der Waals surface area contributed by atoms with Crippen LogP contribution in [0.5, 0.6) is 0 Å². The number of aryl methyl sites for hydroxylation is 1. The van der Waals surface area contributed by atoms with Crippen molar-refractivity contribution in [2.75, 3.05) is 18.4 Å². The van der Waals surface area contributed by atoms with E-state index in [-0.39, 0.29) is 5.91 Å². The van der Waals surface area contributed by atoms with Crippen LogP contribution in [-0.2, 0) is 6.54 Å². The normalized spacial score (nSPS) is 10.3. The number of anilines is 1. The lowest BCUT2D eigenvalue weighted by molar-refractivity contribution is 0.0953. The molecule has 0 aliphatic rings. The Kier molecular flexibility index (Phi) is 5.69. The molecule has 2 rings (SSSR count). The Morgan fingerprint density at radius 2 is 2.24 bits per heavy atom. The standard InChI is InChI=1S/C14H20N6O/c1-2-5-16-13-11-15-7-4-12(13)14(21)17-6-3-9-20-10-8-18-19-20/h4,7-8,10-11,16H,2-3,5-6,9H2,1H3,(H,17,21). The SMILES string of the molecule is CCCNc1cnccc1C(=O)NCCCn1ccnn1. The van der Waals surface area contributed by atoms with Crippen LogP contribution < -0.4 is 10.6 Å². The van der Waals surface area contributed by atoms with E-state index in [1.807, 2.05) is 0 Å². The zero-order chi connectivity index (χ0) is 14.9. The summed E-state index contributed by atoms with van der Waals surface area (Å²) >= 11 is 0. The number of carbonyl (C=O) groups is 1. The maximum atomic E-state index is 12.2. The first-order chi connectivity index (χ1) is 10.3. The number of nitrogens with one attached hydrogen (secondary N) is 2. The van der Waals surface area contributed by atoms with Gasteiger partial charge in [-0.3, -0.25) is 14.5 Å². The Labute approximate surface area is 123 Å². The number of hydrogen-bond acceptors (Lipinski definition) is 5. The van der Waals surface area contributed by atoms with Gasteiger partial charge in [0, 0.05) is 32.0 Å². The maximum absolute atomic E-state index is 12.2. The molecular formula is C14H20N6O. The minimum absolute atomic E-state index is 0.0883. The van der Waals surface area contributed by atoms with E-state index in [1.54, 1.807) is 35.5 Å². The average molecular weight is 288 g/mol. The van der Waals surface area contributed by atoms with Gasteiger partial charge < -0.3 is 10.6 Å². The number of nitrogens with zero attached hydrogens (tertiary/aromatic N) is 4. The molecule has 0 radical (unpaired) electrons. The molecule has 2 aromatic heterocycles. The Bertz CT molecular complexity index is 554. The van der Waals surface area contributed by atoms with E-state index in [4.69, 9.17) is 0 Å². The number of carbonyl (C=O) groups excluding carboxylic acids is 1. The van der Waals surface area contributed by atoms with Crippen LogP contribution in [0.1, 0.15) is 30.1 Å². The summed E-state index contributed by atoms with van der Waals surface area (Å²) in [6, 6.07) is 1.73. The third-order valence-electron chi connectivity index (χ3n) is 2.95. The van der Waals surface area contributed by atoms with Gasteiger partial charge in [-0.1, -0.05) is 12.1 Å². The maximum Gasteiger partial charge on any atom is 0.253 e. The predicted molar refractivity (Wildman–Crippen MR) is 80.0 cm³/mol. The van der Waals surface area contributed by atoms with Gasteiger partial charge in [0.05, 0.1) is 23.6 Å². The predicted octanol–water partition coefficient (Wildman–Crippen LogP) is 1.32. The minimum atomic E-state index is -0.0883. The Hall–Kier alpha value is -2.44. The molecular weight excluding hydrogens is 268 g/mol. The van der Waals surface area contributed by atoms with Crippen molar-refractivity contribution in [3.8, 4) is 0 Å². The van der Waals surface area contributed by atoms with E-state index in [1.165, 1.54) is 0 Å². The van der Waals surface area contributed by atoms with Crippen molar-refractivity contribution < 1.29 is 4.79 Å². The van der Waals surface area contributed by atoms with Gasteiger partial charge in [-0.15, -0.1) is 5.10 Å². The van der Waals surface area contributed by atoms with Crippen molar-refractivity contribution in [2.24, 2.45) is 0 Å². The van der Waals surface area contributed by atoms with Gasteiger partial charge >= 0.3 is 0 Å². The van der Waals surface area contributed by atoms with Gasteiger partial charge in [-0.25, -0.2) is 0 Å². The summed E-state index contributed by atoms with van der Waals surface area (Å²) in [7, 11) is 0. The Balaban J connectivity index is 1.82. The van der Waals surface area contributed by atoms with Gasteiger partial charge in [0.15, 0.2) is 0 Å². The van der Waals surface area contributed by atoms with E-state index in [2.05, 4.69) is 32.9 Å². The van der Waals surface area contributed by atoms with E-state index in [0.29, 0.717) is 12.1 Å². The zero-order valence-corrected chi connectivity index (χ0v) is 12.1. The summed E-state index contributed by atoms with van der Waals surface area (Å²) < 4.78 is 1.74. The van der Waals surface area contributed by atoms with Crippen LogP contribution in [0.2, 0.25) is 0 Å². The molecule has 0 atom stereocenters. The molecule has 0 unspecified atom stereocenters. The van der Waals surface area contributed by atoms with Crippen LogP contribution in [-0.4, -0.2) is 39.0 Å². The molecule has 0 aliphatic heterocycles. The smallest absolute Gasteiger partial charge is 0.253 e. The van der Waals surface area contributed by atoms with E-state index >= 15 is 0 Å². The second kappa shape index (κ2) is 7.98. The topological polar surface area (TPSA) is 84.7 Å². The summed E-state index contributed by atoms with van der Waals surface area (Å²) in [6.45, 7) is 4.22. The minimum Gasteiger partial charge on any atom is -0.383 e. The second-order valence-corrected chi connectivity index (χ2v) is 4.62. The summed E-state index contributed by atoms with van der Waals surface area (Å²) in [5.74, 6) is -0.0883. The van der Waals surface area contributed by atoms with Crippen LogP contribution in [0.25, 0.3) is 0 Å². The molecule has 0 saturated carbocycles. The molecule has 0 aromatic carbocycles. The van der Waals surface area contributed by atoms with Crippen molar-refractivity contribution in [3.63, 3.8) is 0 Å². The fourth-order valence-electron chi connectivity index (χ4n) is 1.88. The molecule has 0 fully saturated rings. The van der Waals surface area contributed by atoms with E-state index in [9.17, 15) is 4.79 Å². The number of pyridine rings is 1. The molecule has 0 aliphatic carbocycles. The van der Waals surface area contributed by atoms with Crippen molar-refractivity contribution in [2.45, 2.75) is 26.3 Å². The summed E-state index contributed by atoms with van der Waals surface area (Å²) in [4.78, 5) is 16.2. The molecule has 1 amide bonds. The lowest BCUT2D eigenvalue weighted by Crippen LogP contribution is -2.26. The first-order valence-electron chi connectivity index (χ1n) is 7.11. The van der Waals surface area contributed by atoms with Gasteiger partial charge in [0.25, 0.3) is 5.91 Å². The van der Waals surface area contributed by atoms with Crippen molar-refractivity contribution >= 4 is 11.6 Å². The van der Waals surface area contributed by atoms with Gasteiger partial charge in [0.2, 0.25) is 0 Å². The second-order valence-electron chi connectivity index (χ2n) is 4.62. The highest BCUT2D eigenvalue weighted by molar-refractivity contribution is 5.99. The molecule has 2 N–H and O–H groups in total. The quantitative estimate of drug-likeness (QED) is 0.716. The third-order valence-corrected chi connectivity index (χ3v) is 2.95. The monoisotopic (exact) mass is 288 g/mol. The number of aromatic nitrogens is 4. The lowest BCUT2D eigenvalue weighted by atomic mass is 10.2. The van der Waals surface area contributed by atoms with Crippen molar-refractivity contribution in [1.29, 1.82) is 0 Å². The fourth-order valence-corrected chi connectivity index (χ4v) is 1.88. The highest BCUT2D eigenvalue weighted by Gasteiger charge is 2.10. The largest absolute Gasteiger partial charge is 0.383 e. The van der Waals surface area contributed by atoms with Crippen molar-refractivity contribution in [3.05, 3.63) is 36.4 Å². The van der Waals surface area contributed by atoms with E-state index in [0.717, 1.165) is 31.6 Å². The molecule has 0 saturated heterocycles. The van der Waals surface area contributed by atoms with E-state index < -0.39 is 0 Å². The van der Waals surface area contributed by atoms with Crippen LogP contribution in [0.15, 0.2) is 30.9 Å². The van der Waals surface area contributed by atoms with Crippen LogP contribution >= 0.6 is 0 Å². The van der Waals surface area contributed by atoms with Gasteiger partial charge in [0.1, 0.15) is 0 Å². The summed E-state index contributed by atoms with van der Waals surface area (Å²) in [5.41, 5.74) is 1.40.